The smallest absolute Gasteiger partial charge is 0.212 e. The topological polar surface area (TPSA) is 31.4 Å². The molecule has 0 heterocycles. The van der Waals surface area contributed by atoms with E-state index in [9.17, 15) is 5.26 Å². The fourth-order valence-corrected chi connectivity index (χ4v) is 5.95. The van der Waals surface area contributed by atoms with Crippen molar-refractivity contribution in [3.05, 3.63) is 167 Å². The van der Waals surface area contributed by atoms with E-state index in [2.05, 4.69) is 143 Å². The van der Waals surface area contributed by atoms with Gasteiger partial charge in [0.15, 0.2) is 0 Å². The Morgan fingerprint density at radius 1 is 0.591 bits per heavy atom. The molecule has 7 rings (SSSR count). The highest BCUT2D eigenvalue weighted by atomic mass is 15.1. The van der Waals surface area contributed by atoms with E-state index in [-0.39, 0.29) is 0 Å². The third-order valence-corrected chi connectivity index (χ3v) is 8.12. The van der Waals surface area contributed by atoms with Crippen LogP contribution >= 0.6 is 0 Å². The second kappa shape index (κ2) is 11.3. The van der Waals surface area contributed by atoms with Crippen LogP contribution in [0.2, 0.25) is 0 Å². The number of nitrogens with zero attached hydrogens (tertiary/aromatic N) is 3. The van der Waals surface area contributed by atoms with Crippen molar-refractivity contribution < 1.29 is 0 Å². The van der Waals surface area contributed by atoms with Gasteiger partial charge < -0.3 is 4.90 Å². The minimum atomic E-state index is 0.412. The van der Waals surface area contributed by atoms with Gasteiger partial charge in [-0.25, -0.2) is 4.85 Å². The van der Waals surface area contributed by atoms with Gasteiger partial charge in [-0.15, -0.1) is 0 Å². The highest BCUT2D eigenvalue weighted by molar-refractivity contribution is 6.17. The largest absolute Gasteiger partial charge is 0.310 e. The van der Waals surface area contributed by atoms with Crippen molar-refractivity contribution in [2.45, 2.75) is 6.92 Å². The van der Waals surface area contributed by atoms with Crippen LogP contribution in [0.3, 0.4) is 0 Å². The molecule has 0 amide bonds. The third-order valence-electron chi connectivity index (χ3n) is 8.12. The van der Waals surface area contributed by atoms with Crippen molar-refractivity contribution in [3.63, 3.8) is 0 Å². The monoisotopic (exact) mass is 561 g/mol. The van der Waals surface area contributed by atoms with Crippen molar-refractivity contribution in [2.24, 2.45) is 0 Å². The fraction of sp³-hybridized carbons (Fsp3) is 0.0244. The van der Waals surface area contributed by atoms with Crippen LogP contribution in [-0.4, -0.2) is 0 Å². The Morgan fingerprint density at radius 3 is 2.00 bits per heavy atom. The molecule has 3 heteroatoms. The van der Waals surface area contributed by atoms with Gasteiger partial charge in [-0.2, -0.15) is 5.26 Å². The summed E-state index contributed by atoms with van der Waals surface area (Å²) in [4.78, 5) is 6.07. The lowest BCUT2D eigenvalue weighted by Gasteiger charge is -2.26. The summed E-state index contributed by atoms with van der Waals surface area (Å²) in [7, 11) is 0. The highest BCUT2D eigenvalue weighted by Crippen LogP contribution is 2.39. The Hall–Kier alpha value is -6.16. The van der Waals surface area contributed by atoms with E-state index < -0.39 is 0 Å². The van der Waals surface area contributed by atoms with Gasteiger partial charge in [0.1, 0.15) is 0 Å². The zero-order chi connectivity index (χ0) is 30.0. The van der Waals surface area contributed by atoms with E-state index in [0.29, 0.717) is 11.3 Å². The molecule has 0 unspecified atom stereocenters. The number of para-hydroxylation sites is 1. The first kappa shape index (κ1) is 26.7. The molecule has 7 aromatic carbocycles. The van der Waals surface area contributed by atoms with Gasteiger partial charge in [0.2, 0.25) is 5.69 Å². The summed E-state index contributed by atoms with van der Waals surface area (Å²) < 4.78 is 0. The minimum absolute atomic E-state index is 0.412. The average Bonchev–Trinajstić information content (AvgIpc) is 3.07. The zero-order valence-corrected chi connectivity index (χ0v) is 24.2. The van der Waals surface area contributed by atoms with E-state index in [0.717, 1.165) is 55.3 Å². The Labute approximate surface area is 257 Å². The third kappa shape index (κ3) is 4.84. The first-order valence-corrected chi connectivity index (χ1v) is 14.5. The molecule has 3 nitrogen and oxygen atoms in total. The number of aryl methyl sites for hydroxylation is 1. The molecular weight excluding hydrogens is 534 g/mol. The van der Waals surface area contributed by atoms with Crippen molar-refractivity contribution in [2.75, 3.05) is 4.90 Å². The first-order chi connectivity index (χ1) is 21.6. The van der Waals surface area contributed by atoms with Crippen LogP contribution in [0.1, 0.15) is 22.3 Å². The van der Waals surface area contributed by atoms with E-state index in [1.807, 2.05) is 25.1 Å². The average molecular weight is 562 g/mol. The van der Waals surface area contributed by atoms with Gasteiger partial charge in [-0.05, 0) is 86.8 Å². The lowest BCUT2D eigenvalue weighted by atomic mass is 9.93. The Bertz CT molecular complexity index is 2300. The van der Waals surface area contributed by atoms with Crippen LogP contribution in [0, 0.1) is 24.8 Å². The highest BCUT2D eigenvalue weighted by Gasteiger charge is 2.15. The van der Waals surface area contributed by atoms with Crippen molar-refractivity contribution >= 4 is 67.2 Å². The molecule has 0 spiro atoms. The zero-order valence-electron chi connectivity index (χ0n) is 24.2. The number of anilines is 3. The van der Waals surface area contributed by atoms with Gasteiger partial charge in [0, 0.05) is 17.1 Å². The molecular formula is C41H27N3. The predicted octanol–water partition coefficient (Wildman–Crippen LogP) is 11.5. The molecule has 7 aromatic rings. The molecule has 0 saturated carbocycles. The van der Waals surface area contributed by atoms with Crippen LogP contribution in [-0.2, 0) is 0 Å². The molecule has 206 valence electrons. The van der Waals surface area contributed by atoms with Gasteiger partial charge in [-0.1, -0.05) is 115 Å². The second-order valence-corrected chi connectivity index (χ2v) is 10.9. The van der Waals surface area contributed by atoms with Crippen molar-refractivity contribution in [1.82, 2.24) is 0 Å². The van der Waals surface area contributed by atoms with E-state index >= 15 is 0 Å². The number of nitriles is 1. The van der Waals surface area contributed by atoms with Crippen LogP contribution in [0.5, 0.6) is 0 Å². The standard InChI is InChI=1S/C41H27N3/c1-28-12-22-36-37-23-17-30(25-39(37)41(43-2)40(27-42)38(36)24-28)14-13-29-15-19-34(20-16-29)44(33-10-4-3-5-11-33)35-21-18-31-8-6-7-9-32(31)26-35/h3-26H,1H3. The predicted molar refractivity (Wildman–Crippen MR) is 185 cm³/mol. The molecule has 0 N–H and O–H groups in total. The molecule has 0 aliphatic rings. The van der Waals surface area contributed by atoms with Crippen LogP contribution in [0.25, 0.3) is 49.3 Å². The summed E-state index contributed by atoms with van der Waals surface area (Å²) >= 11 is 0. The maximum absolute atomic E-state index is 9.96. The summed E-state index contributed by atoms with van der Waals surface area (Å²) in [6, 6.07) is 48.5. The van der Waals surface area contributed by atoms with E-state index in [4.69, 9.17) is 6.57 Å². The Balaban J connectivity index is 1.24. The molecule has 0 aromatic heterocycles. The minimum Gasteiger partial charge on any atom is -0.310 e. The molecule has 44 heavy (non-hydrogen) atoms. The van der Waals surface area contributed by atoms with Crippen LogP contribution in [0.15, 0.2) is 133 Å². The van der Waals surface area contributed by atoms with Gasteiger partial charge in [0.05, 0.1) is 18.2 Å². The second-order valence-electron chi connectivity index (χ2n) is 10.9. The number of benzene rings is 7. The summed E-state index contributed by atoms with van der Waals surface area (Å²) in [5.41, 5.74) is 7.23. The molecule has 0 bridgehead atoms. The number of hydrogen-bond donors (Lipinski definition) is 0. The van der Waals surface area contributed by atoms with E-state index in [1.54, 1.807) is 0 Å². The van der Waals surface area contributed by atoms with Crippen molar-refractivity contribution in [1.29, 1.82) is 5.26 Å². The Morgan fingerprint density at radius 2 is 1.23 bits per heavy atom. The van der Waals surface area contributed by atoms with Gasteiger partial charge in [0.25, 0.3) is 0 Å². The maximum Gasteiger partial charge on any atom is 0.212 e. The van der Waals surface area contributed by atoms with Crippen LogP contribution < -0.4 is 4.90 Å². The lowest BCUT2D eigenvalue weighted by molar-refractivity contribution is 1.29. The summed E-state index contributed by atoms with van der Waals surface area (Å²) in [5, 5.41) is 16.0. The fourth-order valence-electron chi connectivity index (χ4n) is 5.95. The summed E-state index contributed by atoms with van der Waals surface area (Å²) in [6.45, 7) is 9.88. The van der Waals surface area contributed by atoms with Gasteiger partial charge in [-0.3, -0.25) is 0 Å². The normalized spacial score (nSPS) is 11.2. The molecule has 0 atom stereocenters. The SMILES string of the molecule is [C-]#[N+]c1c(C#N)c2cc(C)ccc2c2ccc(C=Cc3ccc(N(c4ccccc4)c4ccc5ccccc5c4)cc3)cc12. The maximum atomic E-state index is 9.96. The van der Waals surface area contributed by atoms with Crippen molar-refractivity contribution in [3.8, 4) is 6.07 Å². The van der Waals surface area contributed by atoms with E-state index in [1.165, 1.54) is 10.8 Å². The van der Waals surface area contributed by atoms with Gasteiger partial charge >= 0.3 is 0 Å². The summed E-state index contributed by atoms with van der Waals surface area (Å²) in [6.07, 6.45) is 4.15. The molecule has 0 radical (unpaired) electrons. The Kier molecular flexibility index (Phi) is 6.84. The first-order valence-electron chi connectivity index (χ1n) is 14.5. The number of fused-ring (bicyclic) bond motifs is 4. The quantitative estimate of drug-likeness (QED) is 0.119. The summed E-state index contributed by atoms with van der Waals surface area (Å²) in [5.74, 6) is 0. The molecule has 0 fully saturated rings. The number of hydrogen-bond acceptors (Lipinski definition) is 2. The molecule has 0 aliphatic heterocycles. The lowest BCUT2D eigenvalue weighted by Crippen LogP contribution is -2.09. The number of rotatable bonds is 5. The molecule has 0 saturated heterocycles. The molecule has 0 aliphatic carbocycles. The van der Waals surface area contributed by atoms with Crippen LogP contribution in [0.4, 0.5) is 22.7 Å².